The van der Waals surface area contributed by atoms with E-state index in [4.69, 9.17) is 0 Å². The first-order valence-electron chi connectivity index (χ1n) is 7.65. The number of benzene rings is 1. The Morgan fingerprint density at radius 1 is 1.29 bits per heavy atom. The molecule has 0 spiro atoms. The Morgan fingerprint density at radius 2 is 2.00 bits per heavy atom. The van der Waals surface area contributed by atoms with Gasteiger partial charge in [-0.2, -0.15) is 5.10 Å². The molecule has 9 heteroatoms. The fraction of sp³-hybridized carbons (Fsp3) is 0.533. The summed E-state index contributed by atoms with van der Waals surface area (Å²) in [5, 5.41) is 24.0. The van der Waals surface area contributed by atoms with Crippen LogP contribution in [0.2, 0.25) is 0 Å². The molecule has 24 heavy (non-hydrogen) atoms. The van der Waals surface area contributed by atoms with Gasteiger partial charge in [0.25, 0.3) is 0 Å². The highest BCUT2D eigenvalue weighted by molar-refractivity contribution is 5.85. The number of hydrogen-bond donors (Lipinski definition) is 2. The molecule has 0 bridgehead atoms. The first-order valence-corrected chi connectivity index (χ1v) is 7.65. The second kappa shape index (κ2) is 7.60. The summed E-state index contributed by atoms with van der Waals surface area (Å²) in [5.41, 5.74) is -1.40. The van der Waals surface area contributed by atoms with Gasteiger partial charge < -0.3 is 10.4 Å². The number of nitrogens with one attached hydrogen (secondary N) is 1. The predicted molar refractivity (Wildman–Crippen MR) is 89.5 cm³/mol. The third kappa shape index (κ3) is 4.13. The predicted octanol–water partition coefficient (Wildman–Crippen LogP) is 0.933. The number of halogens is 3. The highest BCUT2D eigenvalue weighted by Crippen LogP contribution is 2.26. The van der Waals surface area contributed by atoms with Crippen molar-refractivity contribution in [2.24, 2.45) is 5.10 Å². The summed E-state index contributed by atoms with van der Waals surface area (Å²) in [7, 11) is 0. The van der Waals surface area contributed by atoms with E-state index in [0.717, 1.165) is 38.3 Å². The summed E-state index contributed by atoms with van der Waals surface area (Å²) >= 11 is 0. The minimum absolute atomic E-state index is 0. The number of rotatable bonds is 4. The van der Waals surface area contributed by atoms with Crippen molar-refractivity contribution in [2.45, 2.75) is 12.5 Å². The summed E-state index contributed by atoms with van der Waals surface area (Å²) in [5.74, 6) is -1.41. The van der Waals surface area contributed by atoms with Crippen molar-refractivity contribution in [3.8, 4) is 0 Å². The van der Waals surface area contributed by atoms with Crippen LogP contribution in [0.15, 0.2) is 23.3 Å². The second-order valence-electron chi connectivity index (χ2n) is 6.08. The standard InChI is InChI=1S/C15H21F2N5O.ClH/c1-15(23,13-3-2-12(16)8-14(13)17)9-20-11-22(10-19-20)21-6-4-18-5-7-21;/h2-3,8,10,18,23H,4-7,9,11H2,1H3;1H. The van der Waals surface area contributed by atoms with E-state index < -0.39 is 17.2 Å². The number of aliphatic hydroxyl groups is 1. The van der Waals surface area contributed by atoms with Crippen molar-refractivity contribution in [1.82, 2.24) is 20.3 Å². The Balaban J connectivity index is 0.00000208. The molecule has 0 aliphatic carbocycles. The lowest BCUT2D eigenvalue weighted by Gasteiger charge is -2.35. The van der Waals surface area contributed by atoms with Crippen LogP contribution >= 0.6 is 12.4 Å². The molecule has 0 amide bonds. The van der Waals surface area contributed by atoms with E-state index >= 15 is 0 Å². The van der Waals surface area contributed by atoms with Crippen LogP contribution in [0.25, 0.3) is 0 Å². The molecule has 0 aromatic heterocycles. The van der Waals surface area contributed by atoms with Crippen LogP contribution in [-0.4, -0.2) is 65.9 Å². The zero-order valence-electron chi connectivity index (χ0n) is 13.5. The van der Waals surface area contributed by atoms with Gasteiger partial charge in [-0.25, -0.2) is 13.8 Å². The molecule has 1 fully saturated rings. The largest absolute Gasteiger partial charge is 0.383 e. The lowest BCUT2D eigenvalue weighted by molar-refractivity contribution is -0.0241. The number of hydrazone groups is 1. The van der Waals surface area contributed by atoms with Crippen LogP contribution in [0.5, 0.6) is 0 Å². The van der Waals surface area contributed by atoms with Crippen molar-refractivity contribution in [1.29, 1.82) is 0 Å². The smallest absolute Gasteiger partial charge is 0.132 e. The van der Waals surface area contributed by atoms with Crippen molar-refractivity contribution in [3.63, 3.8) is 0 Å². The van der Waals surface area contributed by atoms with Crippen LogP contribution in [0.1, 0.15) is 12.5 Å². The first-order chi connectivity index (χ1) is 11.0. The monoisotopic (exact) mass is 361 g/mol. The van der Waals surface area contributed by atoms with Gasteiger partial charge in [0.1, 0.15) is 30.2 Å². The minimum atomic E-state index is -1.46. The van der Waals surface area contributed by atoms with E-state index in [1.165, 1.54) is 13.0 Å². The summed E-state index contributed by atoms with van der Waals surface area (Å²) in [6.45, 7) is 5.75. The van der Waals surface area contributed by atoms with Gasteiger partial charge in [-0.3, -0.25) is 10.0 Å². The Bertz CT molecular complexity index is 595. The third-order valence-corrected chi connectivity index (χ3v) is 4.11. The van der Waals surface area contributed by atoms with E-state index in [0.29, 0.717) is 6.67 Å². The minimum Gasteiger partial charge on any atom is -0.383 e. The quantitative estimate of drug-likeness (QED) is 0.835. The number of hydrazine groups is 1. The summed E-state index contributed by atoms with van der Waals surface area (Å²) in [6, 6.07) is 3.20. The molecule has 2 heterocycles. The van der Waals surface area contributed by atoms with Crippen LogP contribution in [0.3, 0.4) is 0 Å². The second-order valence-corrected chi connectivity index (χ2v) is 6.08. The Morgan fingerprint density at radius 3 is 2.67 bits per heavy atom. The molecular formula is C15H22ClF2N5O. The lowest BCUT2D eigenvalue weighted by atomic mass is 9.95. The van der Waals surface area contributed by atoms with E-state index in [1.54, 1.807) is 11.3 Å². The van der Waals surface area contributed by atoms with E-state index in [1.807, 2.05) is 5.01 Å². The normalized spacial score (nSPS) is 20.8. The van der Waals surface area contributed by atoms with Gasteiger partial charge in [0.05, 0.1) is 6.54 Å². The summed E-state index contributed by atoms with van der Waals surface area (Å²) < 4.78 is 26.9. The zero-order valence-corrected chi connectivity index (χ0v) is 14.3. The molecule has 6 nitrogen and oxygen atoms in total. The maximum atomic E-state index is 13.9. The van der Waals surface area contributed by atoms with E-state index in [9.17, 15) is 13.9 Å². The van der Waals surface area contributed by atoms with Gasteiger partial charge >= 0.3 is 0 Å². The number of nitrogens with zero attached hydrogens (tertiary/aromatic N) is 4. The number of hydrogen-bond acceptors (Lipinski definition) is 6. The fourth-order valence-electron chi connectivity index (χ4n) is 2.90. The first kappa shape index (κ1) is 18.9. The van der Waals surface area contributed by atoms with Gasteiger partial charge in [-0.15, -0.1) is 12.4 Å². The molecule has 1 atom stereocenters. The van der Waals surface area contributed by atoms with Crippen LogP contribution in [0.4, 0.5) is 8.78 Å². The SMILES string of the molecule is CC(O)(CN1CN(N2CCNCC2)C=N1)c1ccc(F)cc1F.Cl. The molecule has 0 radical (unpaired) electrons. The Labute approximate surface area is 146 Å². The molecule has 2 N–H and O–H groups in total. The molecule has 0 saturated carbocycles. The van der Waals surface area contributed by atoms with E-state index in [2.05, 4.69) is 15.4 Å². The molecule has 1 saturated heterocycles. The van der Waals surface area contributed by atoms with Crippen LogP contribution in [0, 0.1) is 11.6 Å². The Hall–Kier alpha value is -1.48. The van der Waals surface area contributed by atoms with Gasteiger partial charge in [0.2, 0.25) is 0 Å². The number of β-amino-alcohol motifs (C(OH)–C–C–N with tert-alkyl or cyclic N) is 1. The third-order valence-electron chi connectivity index (χ3n) is 4.11. The van der Waals surface area contributed by atoms with Gasteiger partial charge in [-0.1, -0.05) is 6.07 Å². The Kier molecular flexibility index (Phi) is 5.97. The van der Waals surface area contributed by atoms with Crippen molar-refractivity contribution >= 4 is 18.7 Å². The van der Waals surface area contributed by atoms with Crippen LogP contribution in [-0.2, 0) is 5.60 Å². The maximum absolute atomic E-state index is 13.9. The molecule has 2 aliphatic heterocycles. The topological polar surface area (TPSA) is 54.3 Å². The number of piperazine rings is 1. The average Bonchev–Trinajstić information content (AvgIpc) is 2.95. The van der Waals surface area contributed by atoms with E-state index in [-0.39, 0.29) is 24.5 Å². The molecular weight excluding hydrogens is 340 g/mol. The summed E-state index contributed by atoms with van der Waals surface area (Å²) in [6.07, 6.45) is 1.71. The maximum Gasteiger partial charge on any atom is 0.132 e. The van der Waals surface area contributed by atoms with Crippen LogP contribution < -0.4 is 5.32 Å². The van der Waals surface area contributed by atoms with Gasteiger partial charge in [0, 0.05) is 37.8 Å². The highest BCUT2D eigenvalue weighted by atomic mass is 35.5. The molecule has 1 aromatic carbocycles. The van der Waals surface area contributed by atoms with Gasteiger partial charge in [-0.05, 0) is 13.0 Å². The zero-order chi connectivity index (χ0) is 16.4. The molecule has 3 rings (SSSR count). The molecule has 1 unspecified atom stereocenters. The average molecular weight is 362 g/mol. The van der Waals surface area contributed by atoms with Crippen molar-refractivity contribution in [3.05, 3.63) is 35.4 Å². The molecule has 2 aliphatic rings. The summed E-state index contributed by atoms with van der Waals surface area (Å²) in [4.78, 5) is 0. The van der Waals surface area contributed by atoms with Gasteiger partial charge in [0.15, 0.2) is 0 Å². The van der Waals surface area contributed by atoms with Crippen molar-refractivity contribution < 1.29 is 13.9 Å². The molecule has 134 valence electrons. The lowest BCUT2D eigenvalue weighted by Crippen LogP contribution is -2.52. The fourth-order valence-corrected chi connectivity index (χ4v) is 2.90. The molecule has 1 aromatic rings. The van der Waals surface area contributed by atoms with Crippen molar-refractivity contribution in [2.75, 3.05) is 39.4 Å². The highest BCUT2D eigenvalue weighted by Gasteiger charge is 2.32.